The van der Waals surface area contributed by atoms with Crippen LogP contribution in [0, 0.1) is 18.3 Å². The molecule has 6 heteroatoms. The first-order valence-corrected chi connectivity index (χ1v) is 13.4. The minimum absolute atomic E-state index is 0.0182. The van der Waals surface area contributed by atoms with Crippen molar-refractivity contribution in [3.63, 3.8) is 0 Å². The van der Waals surface area contributed by atoms with E-state index >= 15 is 0 Å². The minimum Gasteiger partial charge on any atom is -0.388 e. The van der Waals surface area contributed by atoms with Crippen molar-refractivity contribution in [2.75, 3.05) is 14.1 Å². The Morgan fingerprint density at radius 3 is 2.71 bits per heavy atom. The first-order chi connectivity index (χ1) is 16.6. The largest absolute Gasteiger partial charge is 0.388 e. The fourth-order valence-corrected chi connectivity index (χ4v) is 8.60. The smallest absolute Gasteiger partial charge is 0.105 e. The topological polar surface area (TPSA) is 65.8 Å². The van der Waals surface area contributed by atoms with E-state index in [1.807, 2.05) is 38.2 Å². The summed E-state index contributed by atoms with van der Waals surface area (Å²) in [6, 6.07) is 3.94. The van der Waals surface area contributed by atoms with Crippen LogP contribution in [-0.2, 0) is 4.74 Å². The van der Waals surface area contributed by atoms with Crippen molar-refractivity contribution in [3.05, 3.63) is 59.0 Å². The number of fused-ring (bicyclic) bond motifs is 1. The number of pyridine rings is 1. The van der Waals surface area contributed by atoms with Gasteiger partial charge in [-0.25, -0.2) is 0 Å². The summed E-state index contributed by atoms with van der Waals surface area (Å²) in [5.41, 5.74) is 3.32. The fraction of sp³-hybridized carbons (Fsp3) is 0.621. The van der Waals surface area contributed by atoms with Gasteiger partial charge in [0, 0.05) is 23.9 Å². The molecule has 0 amide bonds. The van der Waals surface area contributed by atoms with Crippen molar-refractivity contribution >= 4 is 17.7 Å². The molecule has 2 saturated carbocycles. The monoisotopic (exact) mass is 496 g/mol. The number of aliphatic hydroxyl groups is 2. The third-order valence-corrected chi connectivity index (χ3v) is 10.8. The Hall–Kier alpha value is -1.50. The zero-order valence-electron chi connectivity index (χ0n) is 21.2. The van der Waals surface area contributed by atoms with Gasteiger partial charge in [0.2, 0.25) is 0 Å². The van der Waals surface area contributed by atoms with E-state index in [1.165, 1.54) is 5.57 Å². The number of aryl methyl sites for hydroxylation is 1. The molecule has 3 heterocycles. The zero-order valence-corrected chi connectivity index (χ0v) is 21.9. The molecule has 5 aliphatic rings. The number of ether oxygens (including phenoxy) is 1. The molecule has 6 rings (SSSR count). The molecule has 3 fully saturated rings. The number of aliphatic hydroxyl groups excluding tert-OH is 2. The summed E-state index contributed by atoms with van der Waals surface area (Å²) < 4.78 is 7.23. The van der Waals surface area contributed by atoms with Crippen LogP contribution in [0.25, 0.3) is 6.08 Å². The molecule has 3 aliphatic carbocycles. The summed E-state index contributed by atoms with van der Waals surface area (Å²) in [5, 5.41) is 22.1. The molecule has 188 valence electrons. The average molecular weight is 497 g/mol. The van der Waals surface area contributed by atoms with Gasteiger partial charge in [-0.15, -0.1) is 11.6 Å². The van der Waals surface area contributed by atoms with Crippen LogP contribution in [0.1, 0.15) is 56.7 Å². The summed E-state index contributed by atoms with van der Waals surface area (Å²) in [7, 11) is 3.93. The first kappa shape index (κ1) is 23.9. The molecule has 2 bridgehead atoms. The van der Waals surface area contributed by atoms with E-state index in [4.69, 9.17) is 16.3 Å². The van der Waals surface area contributed by atoms with Gasteiger partial charge in [0.25, 0.3) is 0 Å². The fourth-order valence-electron chi connectivity index (χ4n) is 8.13. The van der Waals surface area contributed by atoms with Crippen LogP contribution >= 0.6 is 11.6 Å². The Balaban J connectivity index is 1.37. The molecular formula is C29H37ClN2O3. The van der Waals surface area contributed by atoms with Crippen LogP contribution in [0.3, 0.4) is 0 Å². The lowest BCUT2D eigenvalue weighted by molar-refractivity contribution is -0.201. The Labute approximate surface area is 213 Å². The number of hydrogen-bond donors (Lipinski definition) is 2. The maximum Gasteiger partial charge on any atom is 0.105 e. The summed E-state index contributed by atoms with van der Waals surface area (Å²) >= 11 is 7.51. The molecule has 2 spiro atoms. The predicted molar refractivity (Wildman–Crippen MR) is 138 cm³/mol. The van der Waals surface area contributed by atoms with Crippen molar-refractivity contribution in [1.29, 1.82) is 0 Å². The van der Waals surface area contributed by atoms with Gasteiger partial charge in [0.15, 0.2) is 0 Å². The third-order valence-electron chi connectivity index (χ3n) is 10.2. The highest BCUT2D eigenvalue weighted by atomic mass is 35.5. The number of likely N-dealkylation sites (N-methyl/N-ethyl adjacent to an activating group) is 1. The molecule has 0 aromatic carbocycles. The number of allylic oxidation sites excluding steroid dienone is 3. The van der Waals surface area contributed by atoms with Crippen LogP contribution in [0.15, 0.2) is 47.7 Å². The second-order valence-electron chi connectivity index (χ2n) is 12.0. The number of alkyl halides is 1. The summed E-state index contributed by atoms with van der Waals surface area (Å²) in [6.07, 6.45) is 14.1. The first-order valence-electron chi connectivity index (χ1n) is 13.0. The van der Waals surface area contributed by atoms with Gasteiger partial charge < -0.3 is 19.8 Å². The Kier molecular flexibility index (Phi) is 5.29. The molecular weight excluding hydrogens is 460 g/mol. The van der Waals surface area contributed by atoms with Crippen molar-refractivity contribution in [2.45, 2.75) is 86.7 Å². The SMILES string of the molecule is Cc1ncccc1C=CC1=CCC2C1(C)CCC1(Cl)C=C3C(O)C(O)C(N(C)C)CC34CCC21O4. The summed E-state index contributed by atoms with van der Waals surface area (Å²) in [5.74, 6) is 0.273. The Morgan fingerprint density at radius 1 is 1.17 bits per heavy atom. The van der Waals surface area contributed by atoms with Crippen molar-refractivity contribution < 1.29 is 14.9 Å². The average Bonchev–Trinajstić information content (AvgIpc) is 3.34. The van der Waals surface area contributed by atoms with Crippen LogP contribution < -0.4 is 0 Å². The van der Waals surface area contributed by atoms with Crippen molar-refractivity contribution in [1.82, 2.24) is 9.88 Å². The molecule has 8 atom stereocenters. The number of nitrogens with zero attached hydrogens (tertiary/aromatic N) is 2. The lowest BCUT2D eigenvalue weighted by Gasteiger charge is -2.61. The standard InChI is InChI=1S/C29H37ClN2O3/c1-18-19(6-5-15-31-18)7-8-20-9-10-23-26(20,2)11-13-28(30)16-21-24(33)25(34)22(32(3)4)17-27(21)12-14-29(23,28)35-27/h5-9,15-16,22-25,33-34H,10-14,17H2,1-4H3. The highest BCUT2D eigenvalue weighted by Gasteiger charge is 2.73. The molecule has 1 saturated heterocycles. The molecule has 8 unspecified atom stereocenters. The van der Waals surface area contributed by atoms with Gasteiger partial charge in [0.05, 0.1) is 22.2 Å². The van der Waals surface area contributed by atoms with Gasteiger partial charge in [-0.05, 0) is 87.7 Å². The van der Waals surface area contributed by atoms with Crippen LogP contribution in [0.4, 0.5) is 0 Å². The van der Waals surface area contributed by atoms with Crippen LogP contribution in [-0.4, -0.2) is 68.5 Å². The molecule has 1 aromatic heterocycles. The van der Waals surface area contributed by atoms with E-state index in [-0.39, 0.29) is 17.4 Å². The lowest BCUT2D eigenvalue weighted by atomic mass is 9.54. The summed E-state index contributed by atoms with van der Waals surface area (Å²) in [4.78, 5) is 5.78. The van der Waals surface area contributed by atoms with E-state index in [0.717, 1.165) is 48.9 Å². The summed E-state index contributed by atoms with van der Waals surface area (Å²) in [6.45, 7) is 4.43. The van der Waals surface area contributed by atoms with Gasteiger partial charge in [0.1, 0.15) is 6.10 Å². The minimum atomic E-state index is -0.945. The molecule has 0 radical (unpaired) electrons. The zero-order chi connectivity index (χ0) is 24.8. The van der Waals surface area contributed by atoms with Crippen LogP contribution in [0.5, 0.6) is 0 Å². The van der Waals surface area contributed by atoms with Crippen LogP contribution in [0.2, 0.25) is 0 Å². The molecule has 5 nitrogen and oxygen atoms in total. The Bertz CT molecular complexity index is 1150. The van der Waals surface area contributed by atoms with Gasteiger partial charge in [-0.1, -0.05) is 37.3 Å². The van der Waals surface area contributed by atoms with Gasteiger partial charge in [-0.3, -0.25) is 4.98 Å². The maximum atomic E-state index is 11.2. The second kappa shape index (κ2) is 7.75. The number of halogens is 1. The molecule has 2 aliphatic heterocycles. The van der Waals surface area contributed by atoms with E-state index in [0.29, 0.717) is 6.42 Å². The highest BCUT2D eigenvalue weighted by molar-refractivity contribution is 6.26. The normalized spacial score (nSPS) is 46.3. The van der Waals surface area contributed by atoms with E-state index < -0.39 is 28.3 Å². The molecule has 1 aromatic rings. The quantitative estimate of drug-likeness (QED) is 0.479. The van der Waals surface area contributed by atoms with Gasteiger partial charge >= 0.3 is 0 Å². The molecule has 35 heavy (non-hydrogen) atoms. The third kappa shape index (κ3) is 3.12. The maximum absolute atomic E-state index is 11.2. The lowest BCUT2D eigenvalue weighted by Crippen LogP contribution is -2.68. The molecule has 2 N–H and O–H groups in total. The van der Waals surface area contributed by atoms with Gasteiger partial charge in [-0.2, -0.15) is 0 Å². The van der Waals surface area contributed by atoms with Crippen molar-refractivity contribution in [3.8, 4) is 0 Å². The number of rotatable bonds is 3. The van der Waals surface area contributed by atoms with E-state index in [1.54, 1.807) is 0 Å². The highest BCUT2D eigenvalue weighted by Crippen LogP contribution is 2.71. The van der Waals surface area contributed by atoms with E-state index in [9.17, 15) is 10.2 Å². The van der Waals surface area contributed by atoms with E-state index in [2.05, 4.69) is 42.3 Å². The van der Waals surface area contributed by atoms with Crippen molar-refractivity contribution in [2.24, 2.45) is 11.3 Å². The Morgan fingerprint density at radius 2 is 1.97 bits per heavy atom. The second-order valence-corrected chi connectivity index (χ2v) is 12.7. The predicted octanol–water partition coefficient (Wildman–Crippen LogP) is 4.41. The number of hydrogen-bond acceptors (Lipinski definition) is 5. The number of aromatic nitrogens is 1.